The molecule has 1 N–H and O–H groups in total. The summed E-state index contributed by atoms with van der Waals surface area (Å²) in [6.07, 6.45) is 2.14. The van der Waals surface area contributed by atoms with Crippen molar-refractivity contribution in [1.82, 2.24) is 15.1 Å². The molecule has 0 spiro atoms. The maximum absolute atomic E-state index is 12.8. The standard InChI is InChI=1S/C21H29N5O2/c1-3-5-16-28-18-8-6-17(7-9-18)21(27)26-14-12-25(13-15-26)20-11-10-19(22-4-2)23-24-20/h6-11H,3-5,12-16H2,1-2H3,(H,22,23). The zero-order valence-electron chi connectivity index (χ0n) is 16.7. The number of ether oxygens (including phenoxy) is 1. The van der Waals surface area contributed by atoms with Crippen molar-refractivity contribution in [2.24, 2.45) is 0 Å². The van der Waals surface area contributed by atoms with E-state index < -0.39 is 0 Å². The Balaban J connectivity index is 1.51. The Hall–Kier alpha value is -2.83. The fraction of sp³-hybridized carbons (Fsp3) is 0.476. The minimum Gasteiger partial charge on any atom is -0.494 e. The summed E-state index contributed by atoms with van der Waals surface area (Å²) in [5.41, 5.74) is 0.700. The Bertz CT molecular complexity index is 740. The van der Waals surface area contributed by atoms with Crippen molar-refractivity contribution in [2.75, 3.05) is 49.5 Å². The van der Waals surface area contributed by atoms with Gasteiger partial charge in [-0.05, 0) is 49.7 Å². The molecule has 1 aromatic heterocycles. The fourth-order valence-corrected chi connectivity index (χ4v) is 3.12. The summed E-state index contributed by atoms with van der Waals surface area (Å²) in [6.45, 7) is 8.53. The number of amides is 1. The van der Waals surface area contributed by atoms with Crippen molar-refractivity contribution < 1.29 is 9.53 Å². The molecule has 1 amide bonds. The second-order valence-electron chi connectivity index (χ2n) is 6.81. The zero-order valence-corrected chi connectivity index (χ0v) is 16.7. The third-order valence-electron chi connectivity index (χ3n) is 4.77. The molecule has 0 aliphatic carbocycles. The van der Waals surface area contributed by atoms with Crippen LogP contribution < -0.4 is 15.0 Å². The molecule has 1 aliphatic rings. The minimum atomic E-state index is 0.0633. The molecule has 1 saturated heterocycles. The molecular formula is C21H29N5O2. The number of carbonyl (C=O) groups is 1. The highest BCUT2D eigenvalue weighted by molar-refractivity contribution is 5.94. The molecule has 1 aromatic carbocycles. The predicted molar refractivity (Wildman–Crippen MR) is 111 cm³/mol. The first kappa shape index (κ1) is 19.9. The van der Waals surface area contributed by atoms with E-state index in [2.05, 4.69) is 27.3 Å². The maximum atomic E-state index is 12.8. The van der Waals surface area contributed by atoms with Gasteiger partial charge in [-0.3, -0.25) is 4.79 Å². The lowest BCUT2D eigenvalue weighted by Crippen LogP contribution is -2.49. The fourth-order valence-electron chi connectivity index (χ4n) is 3.12. The van der Waals surface area contributed by atoms with Gasteiger partial charge in [-0.2, -0.15) is 0 Å². The van der Waals surface area contributed by atoms with E-state index in [0.717, 1.165) is 49.9 Å². The second kappa shape index (κ2) is 9.92. The first-order valence-corrected chi connectivity index (χ1v) is 10.1. The average molecular weight is 383 g/mol. The maximum Gasteiger partial charge on any atom is 0.253 e. The topological polar surface area (TPSA) is 70.6 Å². The van der Waals surface area contributed by atoms with Crippen LogP contribution in [0.4, 0.5) is 11.6 Å². The Morgan fingerprint density at radius 1 is 1.04 bits per heavy atom. The van der Waals surface area contributed by atoms with E-state index in [1.807, 2.05) is 48.2 Å². The SMILES string of the molecule is CCCCOc1ccc(C(=O)N2CCN(c3ccc(NCC)nn3)CC2)cc1. The molecule has 1 aliphatic heterocycles. The molecule has 7 heteroatoms. The molecule has 0 saturated carbocycles. The van der Waals surface area contributed by atoms with Crippen LogP contribution in [0.3, 0.4) is 0 Å². The lowest BCUT2D eigenvalue weighted by molar-refractivity contribution is 0.0746. The third-order valence-corrected chi connectivity index (χ3v) is 4.77. The number of unbranched alkanes of at least 4 members (excludes halogenated alkanes) is 1. The van der Waals surface area contributed by atoms with Crippen LogP contribution in [0.2, 0.25) is 0 Å². The van der Waals surface area contributed by atoms with Gasteiger partial charge in [0.1, 0.15) is 11.6 Å². The summed E-state index contributed by atoms with van der Waals surface area (Å²) in [4.78, 5) is 16.8. The van der Waals surface area contributed by atoms with E-state index in [4.69, 9.17) is 4.74 Å². The Labute approximate surface area is 166 Å². The normalized spacial score (nSPS) is 14.1. The molecule has 7 nitrogen and oxygen atoms in total. The number of carbonyl (C=O) groups excluding carboxylic acids is 1. The molecular weight excluding hydrogens is 354 g/mol. The number of anilines is 2. The lowest BCUT2D eigenvalue weighted by atomic mass is 10.1. The molecule has 0 atom stereocenters. The van der Waals surface area contributed by atoms with Crippen LogP contribution in [0.5, 0.6) is 5.75 Å². The van der Waals surface area contributed by atoms with E-state index >= 15 is 0 Å². The summed E-state index contributed by atoms with van der Waals surface area (Å²) < 4.78 is 5.66. The van der Waals surface area contributed by atoms with Gasteiger partial charge in [0.25, 0.3) is 5.91 Å². The summed E-state index contributed by atoms with van der Waals surface area (Å²) in [6, 6.07) is 11.4. The van der Waals surface area contributed by atoms with Gasteiger partial charge in [-0.25, -0.2) is 0 Å². The molecule has 1 fully saturated rings. The molecule has 150 valence electrons. The van der Waals surface area contributed by atoms with E-state index in [9.17, 15) is 4.79 Å². The largest absolute Gasteiger partial charge is 0.494 e. The first-order chi connectivity index (χ1) is 13.7. The van der Waals surface area contributed by atoms with Crippen molar-refractivity contribution in [2.45, 2.75) is 26.7 Å². The summed E-state index contributed by atoms with van der Waals surface area (Å²) in [5, 5.41) is 11.6. The predicted octanol–water partition coefficient (Wildman–Crippen LogP) is 3.05. The Morgan fingerprint density at radius 3 is 2.39 bits per heavy atom. The number of nitrogens with one attached hydrogen (secondary N) is 1. The van der Waals surface area contributed by atoms with Gasteiger partial charge >= 0.3 is 0 Å². The minimum absolute atomic E-state index is 0.0633. The number of nitrogens with zero attached hydrogens (tertiary/aromatic N) is 4. The number of hydrogen-bond acceptors (Lipinski definition) is 6. The van der Waals surface area contributed by atoms with Crippen LogP contribution in [0.25, 0.3) is 0 Å². The Morgan fingerprint density at radius 2 is 1.79 bits per heavy atom. The molecule has 0 unspecified atom stereocenters. The van der Waals surface area contributed by atoms with Crippen LogP contribution in [0.1, 0.15) is 37.0 Å². The van der Waals surface area contributed by atoms with Gasteiger partial charge in [0.2, 0.25) is 0 Å². The lowest BCUT2D eigenvalue weighted by Gasteiger charge is -2.35. The molecule has 2 heterocycles. The quantitative estimate of drug-likeness (QED) is 0.707. The average Bonchev–Trinajstić information content (AvgIpc) is 2.75. The van der Waals surface area contributed by atoms with Gasteiger partial charge in [-0.15, -0.1) is 10.2 Å². The third kappa shape index (κ3) is 5.12. The monoisotopic (exact) mass is 383 g/mol. The van der Waals surface area contributed by atoms with Gasteiger partial charge in [0.05, 0.1) is 6.61 Å². The number of benzene rings is 1. The summed E-state index contributed by atoms with van der Waals surface area (Å²) >= 11 is 0. The first-order valence-electron chi connectivity index (χ1n) is 10.1. The molecule has 0 radical (unpaired) electrons. The second-order valence-corrected chi connectivity index (χ2v) is 6.81. The summed E-state index contributed by atoms with van der Waals surface area (Å²) in [7, 11) is 0. The van der Waals surface area contributed by atoms with Crippen LogP contribution in [-0.4, -0.2) is 60.3 Å². The van der Waals surface area contributed by atoms with Crippen LogP contribution in [0.15, 0.2) is 36.4 Å². The Kier molecular flexibility index (Phi) is 7.06. The van der Waals surface area contributed by atoms with Crippen molar-refractivity contribution in [1.29, 1.82) is 0 Å². The zero-order chi connectivity index (χ0) is 19.8. The number of rotatable bonds is 8. The van der Waals surface area contributed by atoms with Gasteiger partial charge in [0, 0.05) is 38.3 Å². The van der Waals surface area contributed by atoms with E-state index in [1.54, 1.807) is 0 Å². The summed E-state index contributed by atoms with van der Waals surface area (Å²) in [5.74, 6) is 2.51. The van der Waals surface area contributed by atoms with Crippen molar-refractivity contribution in [3.63, 3.8) is 0 Å². The highest BCUT2D eigenvalue weighted by atomic mass is 16.5. The van der Waals surface area contributed by atoms with Crippen molar-refractivity contribution in [3.8, 4) is 5.75 Å². The molecule has 28 heavy (non-hydrogen) atoms. The van der Waals surface area contributed by atoms with Gasteiger partial charge in [0.15, 0.2) is 5.82 Å². The van der Waals surface area contributed by atoms with Crippen LogP contribution in [-0.2, 0) is 0 Å². The van der Waals surface area contributed by atoms with E-state index in [0.29, 0.717) is 25.3 Å². The molecule has 0 bridgehead atoms. The molecule has 3 rings (SSSR count). The van der Waals surface area contributed by atoms with Crippen LogP contribution in [0, 0.1) is 0 Å². The number of aromatic nitrogens is 2. The number of hydrogen-bond donors (Lipinski definition) is 1. The molecule has 2 aromatic rings. The van der Waals surface area contributed by atoms with Crippen LogP contribution >= 0.6 is 0 Å². The van der Waals surface area contributed by atoms with Gasteiger partial charge in [-0.1, -0.05) is 13.3 Å². The van der Waals surface area contributed by atoms with E-state index in [-0.39, 0.29) is 5.91 Å². The highest BCUT2D eigenvalue weighted by Crippen LogP contribution is 2.18. The van der Waals surface area contributed by atoms with Crippen molar-refractivity contribution >= 4 is 17.5 Å². The van der Waals surface area contributed by atoms with Gasteiger partial charge < -0.3 is 19.9 Å². The smallest absolute Gasteiger partial charge is 0.253 e. The van der Waals surface area contributed by atoms with Crippen molar-refractivity contribution in [3.05, 3.63) is 42.0 Å². The number of piperazine rings is 1. The van der Waals surface area contributed by atoms with E-state index in [1.165, 1.54) is 0 Å². The highest BCUT2D eigenvalue weighted by Gasteiger charge is 2.23.